The highest BCUT2D eigenvalue weighted by atomic mass is 35.5. The van der Waals surface area contributed by atoms with Crippen LogP contribution in [0.2, 0.25) is 15.1 Å². The summed E-state index contributed by atoms with van der Waals surface area (Å²) < 4.78 is 5.09. The number of halogens is 3. The minimum absolute atomic E-state index is 0.273. The van der Waals surface area contributed by atoms with Crippen LogP contribution in [-0.4, -0.2) is 61.1 Å². The van der Waals surface area contributed by atoms with E-state index in [1.165, 1.54) is 12.0 Å². The number of carbonyl (C=O) groups excluding carboxylic acids is 2. The lowest BCUT2D eigenvalue weighted by atomic mass is 9.93. The molecule has 1 unspecified atom stereocenters. The number of benzene rings is 3. The smallest absolute Gasteiger partial charge is 0.326 e. The Bertz CT molecular complexity index is 1440. The second-order valence-electron chi connectivity index (χ2n) is 9.74. The number of hydrogen-bond donors (Lipinski definition) is 1. The second kappa shape index (κ2) is 12.2. The van der Waals surface area contributed by atoms with Crippen molar-refractivity contribution in [3.8, 4) is 11.1 Å². The third kappa shape index (κ3) is 5.57. The van der Waals surface area contributed by atoms with Gasteiger partial charge in [-0.1, -0.05) is 65.1 Å². The molecule has 3 aromatic rings. The summed E-state index contributed by atoms with van der Waals surface area (Å²) in [6.07, 6.45) is 1.80. The fraction of sp³-hybridized carbons (Fsp3) is 0.267. The molecule has 10 heteroatoms. The van der Waals surface area contributed by atoms with Crippen LogP contribution in [0.1, 0.15) is 11.1 Å². The van der Waals surface area contributed by atoms with Crippen LogP contribution in [0.3, 0.4) is 0 Å². The highest BCUT2D eigenvalue weighted by Crippen LogP contribution is 2.44. The molecule has 2 aliphatic rings. The third-order valence-electron chi connectivity index (χ3n) is 7.29. The summed E-state index contributed by atoms with van der Waals surface area (Å²) >= 11 is 19.8. The molecule has 0 aliphatic carbocycles. The molecule has 0 saturated carbocycles. The number of nitrogens with one attached hydrogen (secondary N) is 1. The molecule has 1 fully saturated rings. The molecule has 208 valence electrons. The predicted octanol–water partition coefficient (Wildman–Crippen LogP) is 6.52. The summed E-state index contributed by atoms with van der Waals surface area (Å²) in [7, 11) is 1.41. The van der Waals surface area contributed by atoms with E-state index in [-0.39, 0.29) is 12.0 Å². The van der Waals surface area contributed by atoms with Crippen LogP contribution >= 0.6 is 34.8 Å². The maximum atomic E-state index is 13.3. The number of anilines is 2. The van der Waals surface area contributed by atoms with E-state index in [0.717, 1.165) is 28.8 Å². The Labute approximate surface area is 248 Å². The average Bonchev–Trinajstić information content (AvgIpc) is 2.94. The quantitative estimate of drug-likeness (QED) is 0.247. The molecule has 2 amide bonds. The van der Waals surface area contributed by atoms with E-state index < -0.39 is 6.04 Å². The van der Waals surface area contributed by atoms with Crippen molar-refractivity contribution in [1.82, 2.24) is 15.1 Å². The van der Waals surface area contributed by atoms with Gasteiger partial charge >= 0.3 is 12.0 Å². The van der Waals surface area contributed by atoms with Gasteiger partial charge in [-0.3, -0.25) is 19.5 Å². The van der Waals surface area contributed by atoms with Crippen LogP contribution in [0.5, 0.6) is 0 Å². The molecule has 0 aromatic heterocycles. The van der Waals surface area contributed by atoms with Crippen molar-refractivity contribution in [3.05, 3.63) is 93.4 Å². The van der Waals surface area contributed by atoms with Crippen LogP contribution in [0.25, 0.3) is 11.1 Å². The molecule has 2 heterocycles. The lowest BCUT2D eigenvalue weighted by Crippen LogP contribution is -2.56. The number of urea groups is 1. The summed E-state index contributed by atoms with van der Waals surface area (Å²) in [5, 5.41) is 4.29. The van der Waals surface area contributed by atoms with Gasteiger partial charge in [0.15, 0.2) is 0 Å². The second-order valence-corrected chi connectivity index (χ2v) is 11.0. The number of rotatable bonds is 7. The number of esters is 1. The number of para-hydroxylation sites is 1. The number of ether oxygens (including phenoxy) is 1. The van der Waals surface area contributed by atoms with E-state index in [1.54, 1.807) is 24.3 Å². The summed E-state index contributed by atoms with van der Waals surface area (Å²) in [5.41, 5.74) is 4.71. The Morgan fingerprint density at radius 2 is 1.77 bits per heavy atom. The van der Waals surface area contributed by atoms with Crippen molar-refractivity contribution < 1.29 is 14.3 Å². The molecule has 0 bridgehead atoms. The number of carbonyl (C=O) groups is 2. The number of piperazine rings is 1. The number of methoxy groups -OCH3 is 1. The first-order valence-electron chi connectivity index (χ1n) is 12.9. The zero-order valence-corrected chi connectivity index (χ0v) is 24.3. The van der Waals surface area contributed by atoms with Crippen LogP contribution < -0.4 is 10.2 Å². The monoisotopic (exact) mass is 598 g/mol. The molecule has 3 aromatic carbocycles. The Morgan fingerprint density at radius 1 is 1.05 bits per heavy atom. The van der Waals surface area contributed by atoms with Gasteiger partial charge in [-0.25, -0.2) is 4.79 Å². The van der Waals surface area contributed by atoms with Crippen molar-refractivity contribution in [1.29, 1.82) is 0 Å². The first-order valence-corrected chi connectivity index (χ1v) is 14.0. The van der Waals surface area contributed by atoms with Crippen LogP contribution in [0.15, 0.2) is 67.3 Å². The molecule has 0 spiro atoms. The first-order chi connectivity index (χ1) is 19.3. The van der Waals surface area contributed by atoms with Gasteiger partial charge in [-0.15, -0.1) is 6.58 Å². The van der Waals surface area contributed by atoms with E-state index in [2.05, 4.69) is 27.8 Å². The van der Waals surface area contributed by atoms with Gasteiger partial charge in [0.2, 0.25) is 0 Å². The highest BCUT2D eigenvalue weighted by molar-refractivity contribution is 6.40. The summed E-state index contributed by atoms with van der Waals surface area (Å²) in [5.74, 6) is -0.273. The molecule has 1 saturated heterocycles. The van der Waals surface area contributed by atoms with Crippen LogP contribution in [0.4, 0.5) is 16.2 Å². The normalized spacial score (nSPS) is 17.8. The Morgan fingerprint density at radius 3 is 2.48 bits per heavy atom. The van der Waals surface area contributed by atoms with Crippen LogP contribution in [-0.2, 0) is 22.6 Å². The molecule has 0 radical (unpaired) electrons. The highest BCUT2D eigenvalue weighted by Gasteiger charge is 2.34. The fourth-order valence-corrected chi connectivity index (χ4v) is 6.22. The standard InChI is InChI=1S/C30H29Cl3N4O3/c1-3-11-36-13-12-35(18-27(36)29(38)40-2)17-19-14-21(20-7-4-5-8-23(20)31)22-16-34-30(39)37(26(22)15-19)28-24(32)9-6-10-25(28)33/h3-10,14-15,27H,1,11-13,16-18H2,2H3,(H,34,39). The SMILES string of the molecule is C=CCN1CCN(Cc2cc(-c3ccccc3Cl)c3c(c2)N(c2c(Cl)cccc2Cl)C(=O)NC3)CC1C(=O)OC. The Balaban J connectivity index is 1.60. The van der Waals surface area contributed by atoms with E-state index in [4.69, 9.17) is 39.5 Å². The van der Waals surface area contributed by atoms with Crippen molar-refractivity contribution in [2.24, 2.45) is 0 Å². The largest absolute Gasteiger partial charge is 0.468 e. The van der Waals surface area contributed by atoms with Gasteiger partial charge in [0.1, 0.15) is 6.04 Å². The molecule has 40 heavy (non-hydrogen) atoms. The predicted molar refractivity (Wildman–Crippen MR) is 161 cm³/mol. The minimum Gasteiger partial charge on any atom is -0.468 e. The molecule has 1 N–H and O–H groups in total. The first kappa shape index (κ1) is 28.5. The third-order valence-corrected chi connectivity index (χ3v) is 8.23. The molecular weight excluding hydrogens is 571 g/mol. The molecule has 2 aliphatic heterocycles. The Kier molecular flexibility index (Phi) is 8.68. The van der Waals surface area contributed by atoms with E-state index >= 15 is 0 Å². The zero-order chi connectivity index (χ0) is 28.4. The summed E-state index contributed by atoms with van der Waals surface area (Å²) in [6.45, 7) is 7.23. The number of fused-ring (bicyclic) bond motifs is 1. The van der Waals surface area contributed by atoms with E-state index in [1.807, 2.05) is 30.3 Å². The molecule has 1 atom stereocenters. The van der Waals surface area contributed by atoms with Crippen molar-refractivity contribution in [3.63, 3.8) is 0 Å². The topological polar surface area (TPSA) is 65.1 Å². The van der Waals surface area contributed by atoms with Gasteiger partial charge in [-0.05, 0) is 41.5 Å². The van der Waals surface area contributed by atoms with Gasteiger partial charge in [0.25, 0.3) is 0 Å². The lowest BCUT2D eigenvalue weighted by Gasteiger charge is -2.39. The number of amides is 2. The van der Waals surface area contributed by atoms with Gasteiger partial charge < -0.3 is 10.1 Å². The lowest BCUT2D eigenvalue weighted by molar-refractivity contribution is -0.149. The number of nitrogens with zero attached hydrogens (tertiary/aromatic N) is 3. The maximum absolute atomic E-state index is 13.3. The Hall–Kier alpha value is -3.07. The summed E-state index contributed by atoms with van der Waals surface area (Å²) in [6, 6.07) is 16.2. The van der Waals surface area contributed by atoms with Gasteiger partial charge in [0, 0.05) is 55.4 Å². The maximum Gasteiger partial charge on any atom is 0.326 e. The van der Waals surface area contributed by atoms with Crippen molar-refractivity contribution in [2.45, 2.75) is 19.1 Å². The van der Waals surface area contributed by atoms with Crippen LogP contribution in [0, 0.1) is 0 Å². The minimum atomic E-state index is -0.401. The molecule has 7 nitrogen and oxygen atoms in total. The number of hydrogen-bond acceptors (Lipinski definition) is 5. The van der Waals surface area contributed by atoms with Crippen molar-refractivity contribution >= 4 is 58.2 Å². The average molecular weight is 600 g/mol. The van der Waals surface area contributed by atoms with Gasteiger partial charge in [0.05, 0.1) is 28.5 Å². The van der Waals surface area contributed by atoms with Crippen molar-refractivity contribution in [2.75, 3.05) is 38.2 Å². The van der Waals surface area contributed by atoms with E-state index in [9.17, 15) is 9.59 Å². The molecule has 5 rings (SSSR count). The summed E-state index contributed by atoms with van der Waals surface area (Å²) in [4.78, 5) is 31.7. The fourth-order valence-electron chi connectivity index (χ4n) is 5.41. The van der Waals surface area contributed by atoms with Gasteiger partial charge in [-0.2, -0.15) is 0 Å². The zero-order valence-electron chi connectivity index (χ0n) is 22.0. The van der Waals surface area contributed by atoms with E-state index in [0.29, 0.717) is 59.2 Å². The molecular formula is C30H29Cl3N4O3.